The van der Waals surface area contributed by atoms with Crippen LogP contribution in [0.25, 0.3) is 0 Å². The first-order valence-electron chi connectivity index (χ1n) is 5.34. The van der Waals surface area contributed by atoms with Gasteiger partial charge >= 0.3 is 0 Å². The molecule has 1 atom stereocenters. The number of halogens is 4. The van der Waals surface area contributed by atoms with Gasteiger partial charge in [-0.1, -0.05) is 59.9 Å². The van der Waals surface area contributed by atoms with Crippen molar-refractivity contribution in [2.75, 3.05) is 0 Å². The van der Waals surface area contributed by atoms with Gasteiger partial charge in [0.2, 0.25) is 0 Å². The summed E-state index contributed by atoms with van der Waals surface area (Å²) >= 11 is 10.7. The molecule has 0 aliphatic carbocycles. The van der Waals surface area contributed by atoms with Gasteiger partial charge in [-0.2, -0.15) is 0 Å². The molecule has 0 radical (unpaired) electrons. The average Bonchev–Trinajstić information content (AvgIpc) is 2.35. The number of hydrogen-bond acceptors (Lipinski definition) is 0. The second-order valence-electron chi connectivity index (χ2n) is 4.04. The molecule has 0 saturated heterocycles. The van der Waals surface area contributed by atoms with Gasteiger partial charge in [0.1, 0.15) is 5.82 Å². The van der Waals surface area contributed by atoms with Crippen LogP contribution in [-0.2, 0) is 0 Å². The van der Waals surface area contributed by atoms with Crippen LogP contribution in [0.5, 0.6) is 0 Å². The lowest BCUT2D eigenvalue weighted by molar-refractivity contribution is 0.617. The van der Waals surface area contributed by atoms with E-state index in [0.29, 0.717) is 5.56 Å². The van der Waals surface area contributed by atoms with Crippen LogP contribution in [0, 0.1) is 12.7 Å². The maximum absolute atomic E-state index is 13.3. The van der Waals surface area contributed by atoms with E-state index in [1.165, 1.54) is 6.07 Å². The molecule has 2 aromatic rings. The van der Waals surface area contributed by atoms with Gasteiger partial charge in [-0.3, -0.25) is 0 Å². The van der Waals surface area contributed by atoms with Crippen molar-refractivity contribution in [3.63, 3.8) is 0 Å². The van der Waals surface area contributed by atoms with Crippen molar-refractivity contribution >= 4 is 47.8 Å². The van der Waals surface area contributed by atoms with Gasteiger partial charge in [-0.05, 0) is 47.9 Å². The summed E-state index contributed by atoms with van der Waals surface area (Å²) in [6, 6.07) is 11.2. The molecule has 0 heterocycles. The fourth-order valence-electron chi connectivity index (χ4n) is 1.71. The predicted octanol–water partition coefficient (Wildman–Crippen LogP) is 6.14. The highest BCUT2D eigenvalue weighted by molar-refractivity contribution is 9.11. The molecular weight excluding hydrogens is 427 g/mol. The van der Waals surface area contributed by atoms with Crippen LogP contribution in [0.2, 0.25) is 0 Å². The molecule has 2 aromatic carbocycles. The first-order chi connectivity index (χ1) is 8.49. The van der Waals surface area contributed by atoms with Crippen molar-refractivity contribution in [3.8, 4) is 0 Å². The van der Waals surface area contributed by atoms with E-state index in [-0.39, 0.29) is 10.6 Å². The number of hydrogen-bond donors (Lipinski definition) is 0. The normalized spacial score (nSPS) is 12.5. The Morgan fingerprint density at radius 2 is 1.78 bits per heavy atom. The Morgan fingerprint density at radius 1 is 1.06 bits per heavy atom. The molecular formula is C14H10Br3F. The average molecular weight is 437 g/mol. The van der Waals surface area contributed by atoms with E-state index in [2.05, 4.69) is 47.8 Å². The summed E-state index contributed by atoms with van der Waals surface area (Å²) in [4.78, 5) is 0.0312. The number of aryl methyl sites for hydroxylation is 1. The van der Waals surface area contributed by atoms with Crippen molar-refractivity contribution in [2.24, 2.45) is 0 Å². The van der Waals surface area contributed by atoms with Crippen LogP contribution >= 0.6 is 47.8 Å². The Morgan fingerprint density at radius 3 is 2.44 bits per heavy atom. The molecule has 0 nitrogen and oxygen atoms in total. The summed E-state index contributed by atoms with van der Waals surface area (Å²) < 4.78 is 15.3. The number of rotatable bonds is 2. The minimum atomic E-state index is -0.174. The lowest BCUT2D eigenvalue weighted by Crippen LogP contribution is -1.96. The van der Waals surface area contributed by atoms with Gasteiger partial charge in [0, 0.05) is 8.95 Å². The summed E-state index contributed by atoms with van der Waals surface area (Å²) in [5.41, 5.74) is 2.80. The van der Waals surface area contributed by atoms with Crippen LogP contribution in [0.15, 0.2) is 45.3 Å². The van der Waals surface area contributed by atoms with E-state index in [4.69, 9.17) is 0 Å². The van der Waals surface area contributed by atoms with E-state index in [0.717, 1.165) is 20.1 Å². The standard InChI is InChI=1S/C14H10Br3F/c1-8-6-9(2-5-13(8)18)14(17)11-7-10(15)3-4-12(11)16/h2-7,14H,1H3. The molecule has 0 aliphatic heterocycles. The maximum atomic E-state index is 13.3. The van der Waals surface area contributed by atoms with Gasteiger partial charge in [0.25, 0.3) is 0 Å². The highest BCUT2D eigenvalue weighted by Gasteiger charge is 2.15. The van der Waals surface area contributed by atoms with Gasteiger partial charge in [0.05, 0.1) is 4.83 Å². The molecule has 2 rings (SSSR count). The zero-order valence-electron chi connectivity index (χ0n) is 9.55. The van der Waals surface area contributed by atoms with Crippen LogP contribution in [0.3, 0.4) is 0 Å². The third-order valence-corrected chi connectivity index (χ3v) is 4.94. The molecule has 0 saturated carbocycles. The SMILES string of the molecule is Cc1cc(C(Br)c2cc(Br)ccc2Br)ccc1F. The van der Waals surface area contributed by atoms with Crippen LogP contribution in [0.1, 0.15) is 21.5 Å². The second kappa shape index (κ2) is 5.85. The fourth-order valence-corrected chi connectivity index (χ4v) is 3.54. The van der Waals surface area contributed by atoms with Gasteiger partial charge in [-0.25, -0.2) is 4.39 Å². The highest BCUT2D eigenvalue weighted by Crippen LogP contribution is 2.37. The predicted molar refractivity (Wildman–Crippen MR) is 83.7 cm³/mol. The van der Waals surface area contributed by atoms with Crippen LogP contribution in [-0.4, -0.2) is 0 Å². The lowest BCUT2D eigenvalue weighted by atomic mass is 10.0. The topological polar surface area (TPSA) is 0 Å². The van der Waals surface area contributed by atoms with Crippen LogP contribution in [0.4, 0.5) is 4.39 Å². The van der Waals surface area contributed by atoms with E-state index >= 15 is 0 Å². The van der Waals surface area contributed by atoms with E-state index in [1.54, 1.807) is 13.0 Å². The Hall–Kier alpha value is -0.190. The minimum absolute atomic E-state index is 0.0312. The molecule has 0 amide bonds. The Balaban J connectivity index is 2.44. The van der Waals surface area contributed by atoms with Crippen molar-refractivity contribution < 1.29 is 4.39 Å². The molecule has 94 valence electrons. The molecule has 0 fully saturated rings. The Bertz CT molecular complexity index is 581. The molecule has 0 spiro atoms. The first-order valence-corrected chi connectivity index (χ1v) is 7.84. The Labute approximate surface area is 131 Å². The zero-order chi connectivity index (χ0) is 13.3. The molecule has 4 heteroatoms. The molecule has 0 N–H and O–H groups in total. The molecule has 18 heavy (non-hydrogen) atoms. The van der Waals surface area contributed by atoms with E-state index in [1.807, 2.05) is 24.3 Å². The Kier molecular flexibility index (Phi) is 4.62. The quantitative estimate of drug-likeness (QED) is 0.496. The highest BCUT2D eigenvalue weighted by atomic mass is 79.9. The summed E-state index contributed by atoms with van der Waals surface area (Å²) in [6.07, 6.45) is 0. The third-order valence-electron chi connectivity index (χ3n) is 2.71. The van der Waals surface area contributed by atoms with Crippen molar-refractivity contribution in [1.29, 1.82) is 0 Å². The van der Waals surface area contributed by atoms with Crippen molar-refractivity contribution in [2.45, 2.75) is 11.8 Å². The smallest absolute Gasteiger partial charge is 0.126 e. The minimum Gasteiger partial charge on any atom is -0.207 e. The van der Waals surface area contributed by atoms with Crippen molar-refractivity contribution in [3.05, 3.63) is 67.9 Å². The maximum Gasteiger partial charge on any atom is 0.126 e. The zero-order valence-corrected chi connectivity index (χ0v) is 14.3. The number of alkyl halides is 1. The fraction of sp³-hybridized carbons (Fsp3) is 0.143. The summed E-state index contributed by atoms with van der Waals surface area (Å²) in [5.74, 6) is -0.174. The summed E-state index contributed by atoms with van der Waals surface area (Å²) in [5, 5.41) is 0. The molecule has 0 aliphatic rings. The van der Waals surface area contributed by atoms with Crippen molar-refractivity contribution in [1.82, 2.24) is 0 Å². The lowest BCUT2D eigenvalue weighted by Gasteiger charge is -2.14. The monoisotopic (exact) mass is 434 g/mol. The van der Waals surface area contributed by atoms with E-state index < -0.39 is 0 Å². The van der Waals surface area contributed by atoms with Gasteiger partial charge in [-0.15, -0.1) is 0 Å². The molecule has 0 aromatic heterocycles. The molecule has 1 unspecified atom stereocenters. The van der Waals surface area contributed by atoms with Gasteiger partial charge < -0.3 is 0 Å². The summed E-state index contributed by atoms with van der Waals surface area (Å²) in [6.45, 7) is 1.77. The van der Waals surface area contributed by atoms with Gasteiger partial charge in [0.15, 0.2) is 0 Å². The van der Waals surface area contributed by atoms with E-state index in [9.17, 15) is 4.39 Å². The third kappa shape index (κ3) is 3.03. The summed E-state index contributed by atoms with van der Waals surface area (Å²) in [7, 11) is 0. The first kappa shape index (κ1) is 14.2. The number of benzene rings is 2. The molecule has 0 bridgehead atoms. The second-order valence-corrected chi connectivity index (χ2v) is 6.72. The largest absolute Gasteiger partial charge is 0.207 e. The van der Waals surface area contributed by atoms with Crippen LogP contribution < -0.4 is 0 Å².